The first-order valence-corrected chi connectivity index (χ1v) is 9.32. The number of amides is 1. The molecule has 1 aromatic carbocycles. The van der Waals surface area contributed by atoms with E-state index in [0.717, 1.165) is 25.9 Å². The van der Waals surface area contributed by atoms with Crippen molar-refractivity contribution in [3.05, 3.63) is 34.8 Å². The molecule has 0 bridgehead atoms. The number of hydrogen-bond donors (Lipinski definition) is 0. The monoisotopic (exact) mass is 343 g/mol. The second-order valence-corrected chi connectivity index (χ2v) is 7.13. The second kappa shape index (κ2) is 7.04. The van der Waals surface area contributed by atoms with Crippen LogP contribution in [0.2, 0.25) is 0 Å². The zero-order valence-electron chi connectivity index (χ0n) is 14.5. The van der Waals surface area contributed by atoms with Crippen LogP contribution < -0.4 is 5.76 Å². The van der Waals surface area contributed by atoms with Crippen molar-refractivity contribution in [2.45, 2.75) is 44.7 Å². The van der Waals surface area contributed by atoms with Crippen LogP contribution in [0.3, 0.4) is 0 Å². The molecule has 0 radical (unpaired) electrons. The Kier molecular flexibility index (Phi) is 4.61. The summed E-state index contributed by atoms with van der Waals surface area (Å²) in [5.41, 5.74) is 1.22. The lowest BCUT2D eigenvalue weighted by atomic mass is 10.00. The summed E-state index contributed by atoms with van der Waals surface area (Å²) in [4.78, 5) is 29.2. The molecule has 2 aliphatic rings. The zero-order chi connectivity index (χ0) is 17.2. The minimum atomic E-state index is -0.460. The van der Waals surface area contributed by atoms with Crippen molar-refractivity contribution in [1.82, 2.24) is 14.4 Å². The van der Waals surface area contributed by atoms with E-state index in [1.165, 1.54) is 36.9 Å². The number of likely N-dealkylation sites (tertiary alicyclic amines) is 2. The summed E-state index contributed by atoms with van der Waals surface area (Å²) in [5.74, 6) is -0.455. The van der Waals surface area contributed by atoms with Gasteiger partial charge < -0.3 is 14.2 Å². The number of fused-ring (bicyclic) bond motifs is 1. The van der Waals surface area contributed by atoms with Crippen LogP contribution in [-0.2, 0) is 11.3 Å². The predicted octanol–water partition coefficient (Wildman–Crippen LogP) is 2.07. The Bertz CT molecular complexity index is 796. The molecule has 2 saturated heterocycles. The molecule has 3 heterocycles. The fourth-order valence-electron chi connectivity index (χ4n) is 4.16. The summed E-state index contributed by atoms with van der Waals surface area (Å²) < 4.78 is 6.65. The molecule has 25 heavy (non-hydrogen) atoms. The predicted molar refractivity (Wildman–Crippen MR) is 95.5 cm³/mol. The number of piperidine rings is 2. The summed E-state index contributed by atoms with van der Waals surface area (Å²) in [7, 11) is 0. The van der Waals surface area contributed by atoms with Gasteiger partial charge in [-0.15, -0.1) is 0 Å². The molecule has 2 fully saturated rings. The number of rotatable bonds is 3. The van der Waals surface area contributed by atoms with Crippen molar-refractivity contribution in [1.29, 1.82) is 0 Å². The third-order valence-corrected chi connectivity index (χ3v) is 5.59. The number of para-hydroxylation sites is 2. The number of oxazole rings is 1. The molecule has 4 rings (SSSR count). The van der Waals surface area contributed by atoms with Gasteiger partial charge in [0.2, 0.25) is 5.91 Å². The Balaban J connectivity index is 1.39. The van der Waals surface area contributed by atoms with E-state index in [1.807, 2.05) is 23.1 Å². The molecule has 0 spiro atoms. The van der Waals surface area contributed by atoms with E-state index in [-0.39, 0.29) is 12.5 Å². The van der Waals surface area contributed by atoms with Gasteiger partial charge in [-0.2, -0.15) is 0 Å². The maximum atomic E-state index is 12.7. The summed E-state index contributed by atoms with van der Waals surface area (Å²) in [5, 5.41) is 0. The molecule has 134 valence electrons. The van der Waals surface area contributed by atoms with Gasteiger partial charge in [0.1, 0.15) is 6.54 Å². The van der Waals surface area contributed by atoms with E-state index >= 15 is 0 Å². The van der Waals surface area contributed by atoms with E-state index in [1.54, 1.807) is 6.07 Å². The first kappa shape index (κ1) is 16.4. The molecule has 6 heteroatoms. The average molecular weight is 343 g/mol. The molecule has 0 unspecified atom stereocenters. The van der Waals surface area contributed by atoms with Crippen LogP contribution in [0.1, 0.15) is 32.1 Å². The van der Waals surface area contributed by atoms with Crippen LogP contribution in [0.25, 0.3) is 11.1 Å². The molecule has 1 amide bonds. The van der Waals surface area contributed by atoms with Crippen LogP contribution in [0.15, 0.2) is 33.5 Å². The van der Waals surface area contributed by atoms with E-state index < -0.39 is 5.76 Å². The molecule has 0 aliphatic carbocycles. The highest BCUT2D eigenvalue weighted by Gasteiger charge is 2.28. The summed E-state index contributed by atoms with van der Waals surface area (Å²) in [6, 6.07) is 7.85. The standard InChI is InChI=1S/C19H25N3O3/c23-18(14-22-16-6-2-3-7-17(16)25-19(22)24)21-12-8-15(9-13-21)20-10-4-1-5-11-20/h2-3,6-7,15H,1,4-5,8-14H2. The van der Waals surface area contributed by atoms with Crippen molar-refractivity contribution in [2.75, 3.05) is 26.2 Å². The molecular formula is C19H25N3O3. The topological polar surface area (TPSA) is 58.7 Å². The van der Waals surface area contributed by atoms with Gasteiger partial charge in [0.15, 0.2) is 5.58 Å². The van der Waals surface area contributed by atoms with Crippen molar-refractivity contribution >= 4 is 17.0 Å². The van der Waals surface area contributed by atoms with Gasteiger partial charge in [-0.1, -0.05) is 18.6 Å². The average Bonchev–Trinajstić information content (AvgIpc) is 2.98. The van der Waals surface area contributed by atoms with Gasteiger partial charge in [0.25, 0.3) is 0 Å². The summed E-state index contributed by atoms with van der Waals surface area (Å²) in [6.07, 6.45) is 6.02. The number of nitrogens with zero attached hydrogens (tertiary/aromatic N) is 3. The van der Waals surface area contributed by atoms with Crippen LogP contribution in [-0.4, -0.2) is 52.5 Å². The third-order valence-electron chi connectivity index (χ3n) is 5.59. The van der Waals surface area contributed by atoms with Crippen molar-refractivity contribution in [3.8, 4) is 0 Å². The molecule has 0 atom stereocenters. The van der Waals surface area contributed by atoms with Crippen LogP contribution in [0.4, 0.5) is 0 Å². The molecule has 0 saturated carbocycles. The van der Waals surface area contributed by atoms with Crippen molar-refractivity contribution in [3.63, 3.8) is 0 Å². The first-order chi connectivity index (χ1) is 12.2. The molecule has 0 N–H and O–H groups in total. The van der Waals surface area contributed by atoms with E-state index in [9.17, 15) is 9.59 Å². The zero-order valence-corrected chi connectivity index (χ0v) is 14.5. The van der Waals surface area contributed by atoms with Gasteiger partial charge in [-0.05, 0) is 50.9 Å². The minimum Gasteiger partial charge on any atom is -0.408 e. The van der Waals surface area contributed by atoms with E-state index in [0.29, 0.717) is 17.1 Å². The lowest BCUT2D eigenvalue weighted by Gasteiger charge is -2.40. The normalized spacial score (nSPS) is 20.2. The Labute approximate surface area is 147 Å². The van der Waals surface area contributed by atoms with Crippen molar-refractivity contribution in [2.24, 2.45) is 0 Å². The van der Waals surface area contributed by atoms with E-state index in [4.69, 9.17) is 4.42 Å². The lowest BCUT2D eigenvalue weighted by Crippen LogP contribution is -2.49. The number of carbonyl (C=O) groups excluding carboxylic acids is 1. The number of hydrogen-bond acceptors (Lipinski definition) is 4. The number of carbonyl (C=O) groups is 1. The van der Waals surface area contributed by atoms with E-state index in [2.05, 4.69) is 4.90 Å². The largest absolute Gasteiger partial charge is 0.420 e. The Hall–Kier alpha value is -2.08. The van der Waals surface area contributed by atoms with Crippen molar-refractivity contribution < 1.29 is 9.21 Å². The summed E-state index contributed by atoms with van der Waals surface area (Å²) >= 11 is 0. The smallest absolute Gasteiger partial charge is 0.408 e. The third kappa shape index (κ3) is 3.35. The maximum Gasteiger partial charge on any atom is 0.420 e. The fraction of sp³-hybridized carbons (Fsp3) is 0.579. The maximum absolute atomic E-state index is 12.7. The molecular weight excluding hydrogens is 318 g/mol. The highest BCUT2D eigenvalue weighted by molar-refractivity contribution is 5.79. The lowest BCUT2D eigenvalue weighted by molar-refractivity contribution is -0.133. The Morgan fingerprint density at radius 3 is 2.52 bits per heavy atom. The quantitative estimate of drug-likeness (QED) is 0.856. The fourth-order valence-corrected chi connectivity index (χ4v) is 4.16. The van der Waals surface area contributed by atoms with Gasteiger partial charge >= 0.3 is 5.76 Å². The SMILES string of the molecule is O=C(Cn1c(=O)oc2ccccc21)N1CCC(N2CCCCC2)CC1. The Morgan fingerprint density at radius 1 is 1.04 bits per heavy atom. The van der Waals surface area contributed by atoms with Crippen LogP contribution >= 0.6 is 0 Å². The molecule has 1 aromatic heterocycles. The minimum absolute atomic E-state index is 0.00532. The summed E-state index contributed by atoms with van der Waals surface area (Å²) in [6.45, 7) is 4.03. The molecule has 6 nitrogen and oxygen atoms in total. The van der Waals surface area contributed by atoms with Crippen LogP contribution in [0.5, 0.6) is 0 Å². The highest BCUT2D eigenvalue weighted by atomic mass is 16.4. The Morgan fingerprint density at radius 2 is 1.76 bits per heavy atom. The molecule has 2 aliphatic heterocycles. The number of benzene rings is 1. The van der Waals surface area contributed by atoms with Gasteiger partial charge in [0, 0.05) is 19.1 Å². The van der Waals surface area contributed by atoms with Gasteiger partial charge in [-0.3, -0.25) is 9.36 Å². The molecule has 2 aromatic rings. The van der Waals surface area contributed by atoms with Crippen LogP contribution in [0, 0.1) is 0 Å². The second-order valence-electron chi connectivity index (χ2n) is 7.13. The highest BCUT2D eigenvalue weighted by Crippen LogP contribution is 2.21. The number of aromatic nitrogens is 1. The van der Waals surface area contributed by atoms with Gasteiger partial charge in [0.05, 0.1) is 5.52 Å². The van der Waals surface area contributed by atoms with Gasteiger partial charge in [-0.25, -0.2) is 4.79 Å². The first-order valence-electron chi connectivity index (χ1n) is 9.32.